The zero-order valence-electron chi connectivity index (χ0n) is 17.2. The molecule has 4 rings (SSSR count). The van der Waals surface area contributed by atoms with Crippen LogP contribution >= 0.6 is 0 Å². The molecule has 31 heavy (non-hydrogen) atoms. The van der Waals surface area contributed by atoms with Crippen LogP contribution in [0, 0.1) is 23.7 Å². The number of rotatable bonds is 7. The highest BCUT2D eigenvalue weighted by atomic mass is 16.5. The number of ether oxygens (including phenoxy) is 2. The Balaban J connectivity index is 1.25. The number of hydrogen-bond acceptors (Lipinski definition) is 7. The lowest BCUT2D eigenvalue weighted by Crippen LogP contribution is -2.38. The summed E-state index contributed by atoms with van der Waals surface area (Å²) in [5.41, 5.74) is 0.770. The summed E-state index contributed by atoms with van der Waals surface area (Å²) < 4.78 is 9.84. The van der Waals surface area contributed by atoms with Crippen LogP contribution in [-0.4, -0.2) is 54.3 Å². The summed E-state index contributed by atoms with van der Waals surface area (Å²) in [6.45, 7) is 0.955. The van der Waals surface area contributed by atoms with Gasteiger partial charge in [-0.15, -0.1) is 0 Å². The first kappa shape index (κ1) is 21.0. The third kappa shape index (κ3) is 4.04. The van der Waals surface area contributed by atoms with Crippen molar-refractivity contribution in [3.63, 3.8) is 0 Å². The van der Waals surface area contributed by atoms with E-state index in [9.17, 15) is 24.0 Å². The van der Waals surface area contributed by atoms with Crippen molar-refractivity contribution in [3.8, 4) is 0 Å². The number of benzene rings is 1. The maximum Gasteiger partial charge on any atom is 0.338 e. The van der Waals surface area contributed by atoms with Gasteiger partial charge in [-0.25, -0.2) is 4.79 Å². The first-order chi connectivity index (χ1) is 14.9. The van der Waals surface area contributed by atoms with Crippen molar-refractivity contribution in [2.75, 3.05) is 25.1 Å². The molecule has 9 heteroatoms. The average Bonchev–Trinajstić information content (AvgIpc) is 3.43. The summed E-state index contributed by atoms with van der Waals surface area (Å²) in [5.74, 6) is -2.51. The third-order valence-corrected chi connectivity index (χ3v) is 6.35. The Hall–Kier alpha value is -3.23. The van der Waals surface area contributed by atoms with Gasteiger partial charge >= 0.3 is 11.9 Å². The largest absolute Gasteiger partial charge is 0.462 e. The minimum absolute atomic E-state index is 0.244. The molecule has 1 aromatic rings. The Labute approximate surface area is 179 Å². The summed E-state index contributed by atoms with van der Waals surface area (Å²) in [4.78, 5) is 62.0. The van der Waals surface area contributed by atoms with Crippen LogP contribution in [0.15, 0.2) is 24.3 Å². The predicted molar refractivity (Wildman–Crippen MR) is 107 cm³/mol. The smallest absolute Gasteiger partial charge is 0.338 e. The van der Waals surface area contributed by atoms with Crippen LogP contribution in [-0.2, 0) is 28.7 Å². The van der Waals surface area contributed by atoms with Gasteiger partial charge in [-0.3, -0.25) is 24.1 Å². The number of amides is 3. The first-order valence-electron chi connectivity index (χ1n) is 10.5. The van der Waals surface area contributed by atoms with E-state index >= 15 is 0 Å². The highest BCUT2D eigenvalue weighted by Gasteiger charge is 2.61. The molecular weight excluding hydrogens is 404 g/mol. The van der Waals surface area contributed by atoms with Crippen molar-refractivity contribution in [1.29, 1.82) is 0 Å². The van der Waals surface area contributed by atoms with Crippen LogP contribution in [0.5, 0.6) is 0 Å². The van der Waals surface area contributed by atoms with Crippen LogP contribution in [0.2, 0.25) is 0 Å². The quantitative estimate of drug-likeness (QED) is 0.515. The van der Waals surface area contributed by atoms with Gasteiger partial charge in [-0.05, 0) is 62.3 Å². The van der Waals surface area contributed by atoms with E-state index in [4.69, 9.17) is 9.47 Å². The van der Waals surface area contributed by atoms with E-state index in [0.717, 1.165) is 24.2 Å². The fraction of sp³-hybridized carbons (Fsp3) is 0.500. The van der Waals surface area contributed by atoms with Crippen molar-refractivity contribution >= 4 is 35.3 Å². The van der Waals surface area contributed by atoms with E-state index in [1.807, 2.05) is 0 Å². The Morgan fingerprint density at radius 2 is 1.61 bits per heavy atom. The monoisotopic (exact) mass is 428 g/mol. The van der Waals surface area contributed by atoms with E-state index < -0.39 is 31.0 Å². The van der Waals surface area contributed by atoms with E-state index in [2.05, 4.69) is 5.32 Å². The molecule has 164 valence electrons. The highest BCUT2D eigenvalue weighted by Crippen LogP contribution is 2.56. The summed E-state index contributed by atoms with van der Waals surface area (Å²) >= 11 is 0. The maximum atomic E-state index is 12.6. The van der Waals surface area contributed by atoms with Gasteiger partial charge in [0.05, 0.1) is 24.0 Å². The number of carbonyl (C=O) groups excluding carboxylic acids is 5. The number of imide groups is 1. The van der Waals surface area contributed by atoms with Gasteiger partial charge in [-0.1, -0.05) is 0 Å². The van der Waals surface area contributed by atoms with Gasteiger partial charge in [0, 0.05) is 5.69 Å². The lowest BCUT2D eigenvalue weighted by molar-refractivity contribution is -0.154. The molecule has 2 saturated carbocycles. The van der Waals surface area contributed by atoms with Gasteiger partial charge in [0.15, 0.2) is 6.61 Å². The van der Waals surface area contributed by atoms with Gasteiger partial charge < -0.3 is 14.8 Å². The fourth-order valence-electron chi connectivity index (χ4n) is 5.05. The molecule has 9 nitrogen and oxygen atoms in total. The second-order valence-corrected chi connectivity index (χ2v) is 8.15. The molecule has 0 unspecified atom stereocenters. The number of esters is 2. The number of hydrogen-bond donors (Lipinski definition) is 1. The first-order valence-corrected chi connectivity index (χ1v) is 10.5. The second-order valence-electron chi connectivity index (χ2n) is 8.15. The Kier molecular flexibility index (Phi) is 5.75. The molecule has 1 saturated heterocycles. The Morgan fingerprint density at radius 1 is 1.00 bits per heavy atom. The van der Waals surface area contributed by atoms with Crippen LogP contribution in [0.4, 0.5) is 5.69 Å². The number of carbonyl (C=O) groups is 5. The van der Waals surface area contributed by atoms with Crippen molar-refractivity contribution in [1.82, 2.24) is 4.90 Å². The molecule has 3 aliphatic rings. The van der Waals surface area contributed by atoms with Crippen LogP contribution < -0.4 is 5.32 Å². The zero-order valence-corrected chi connectivity index (χ0v) is 17.2. The number of nitrogens with one attached hydrogen (secondary N) is 1. The minimum Gasteiger partial charge on any atom is -0.462 e. The SMILES string of the molecule is CCOC(=O)c1ccc(NC(=O)COC(=O)CN2C(=O)[C@@H]3[C@H]4CC[C@@H](C4)[C@@H]3C2=O)cc1. The molecule has 0 aromatic heterocycles. The van der Waals surface area contributed by atoms with E-state index in [-0.39, 0.29) is 42.1 Å². The van der Waals surface area contributed by atoms with E-state index in [0.29, 0.717) is 11.3 Å². The van der Waals surface area contributed by atoms with Gasteiger partial charge in [0.1, 0.15) is 6.54 Å². The summed E-state index contributed by atoms with van der Waals surface area (Å²) in [6.07, 6.45) is 2.85. The van der Waals surface area contributed by atoms with Crippen LogP contribution in [0.3, 0.4) is 0 Å². The molecule has 1 aromatic carbocycles. The molecule has 0 spiro atoms. The molecular formula is C22H24N2O7. The molecule has 0 radical (unpaired) electrons. The molecule has 3 fully saturated rings. The summed E-state index contributed by atoms with van der Waals surface area (Å²) in [6, 6.07) is 6.07. The number of likely N-dealkylation sites (tertiary alicyclic amines) is 1. The standard InChI is InChI=1S/C22H24N2O7/c1-2-30-22(29)12-5-7-15(8-6-12)23-16(25)11-31-17(26)10-24-20(27)18-13-3-4-14(9-13)19(18)21(24)28/h5-8,13-14,18-19H,2-4,9-11H2,1H3,(H,23,25)/t13-,14-,18-,19+/m0/s1. The molecule has 1 aliphatic heterocycles. The van der Waals surface area contributed by atoms with Crippen molar-refractivity contribution in [3.05, 3.63) is 29.8 Å². The molecule has 2 bridgehead atoms. The second kappa shape index (κ2) is 8.49. The van der Waals surface area contributed by atoms with Gasteiger partial charge in [0.2, 0.25) is 11.8 Å². The zero-order chi connectivity index (χ0) is 22.1. The minimum atomic E-state index is -0.804. The molecule has 3 amide bonds. The fourth-order valence-corrected chi connectivity index (χ4v) is 5.05. The van der Waals surface area contributed by atoms with Crippen molar-refractivity contribution in [2.45, 2.75) is 26.2 Å². The summed E-state index contributed by atoms with van der Waals surface area (Å²) in [7, 11) is 0. The van der Waals surface area contributed by atoms with Gasteiger partial charge in [-0.2, -0.15) is 0 Å². The lowest BCUT2D eigenvalue weighted by atomic mass is 9.81. The predicted octanol–water partition coefficient (Wildman–Crippen LogP) is 1.38. The van der Waals surface area contributed by atoms with E-state index in [1.165, 1.54) is 24.3 Å². The molecule has 1 N–H and O–H groups in total. The van der Waals surface area contributed by atoms with Crippen LogP contribution in [0.25, 0.3) is 0 Å². The third-order valence-electron chi connectivity index (χ3n) is 6.35. The Bertz CT molecular complexity index is 898. The number of anilines is 1. The lowest BCUT2D eigenvalue weighted by Gasteiger charge is -2.19. The number of fused-ring (bicyclic) bond motifs is 5. The van der Waals surface area contributed by atoms with Crippen LogP contribution in [0.1, 0.15) is 36.5 Å². The Morgan fingerprint density at radius 3 is 2.19 bits per heavy atom. The summed E-state index contributed by atoms with van der Waals surface area (Å²) in [5, 5.41) is 2.54. The molecule has 1 heterocycles. The number of nitrogens with zero attached hydrogens (tertiary/aromatic N) is 1. The highest BCUT2D eigenvalue weighted by molar-refractivity contribution is 6.08. The maximum absolute atomic E-state index is 12.6. The molecule has 4 atom stereocenters. The van der Waals surface area contributed by atoms with E-state index in [1.54, 1.807) is 6.92 Å². The normalized spacial score (nSPS) is 26.0. The molecule has 2 aliphatic carbocycles. The average molecular weight is 428 g/mol. The van der Waals surface area contributed by atoms with Crippen molar-refractivity contribution in [2.24, 2.45) is 23.7 Å². The van der Waals surface area contributed by atoms with Crippen molar-refractivity contribution < 1.29 is 33.4 Å². The van der Waals surface area contributed by atoms with Gasteiger partial charge in [0.25, 0.3) is 5.91 Å². The topological polar surface area (TPSA) is 119 Å².